The normalized spacial score (nSPS) is 31.7. The highest BCUT2D eigenvalue weighted by Crippen LogP contribution is 2.40. The van der Waals surface area contributed by atoms with Gasteiger partial charge < -0.3 is 5.73 Å². The summed E-state index contributed by atoms with van der Waals surface area (Å²) in [4.78, 5) is 0. The van der Waals surface area contributed by atoms with Crippen LogP contribution in [0.25, 0.3) is 0 Å². The standard InChI is InChI=1S/C13H21NS/c1-11-2-5-13(10-14,6-3-11)8-12-4-7-15-9-12/h4,7,9,11H,2-3,5-6,8,10,14H2,1H3. The maximum atomic E-state index is 6.00. The molecule has 0 saturated heterocycles. The Morgan fingerprint density at radius 1 is 1.47 bits per heavy atom. The van der Waals surface area contributed by atoms with Crippen molar-refractivity contribution in [2.24, 2.45) is 17.1 Å². The van der Waals surface area contributed by atoms with Crippen LogP contribution in [-0.2, 0) is 6.42 Å². The monoisotopic (exact) mass is 223 g/mol. The highest BCUT2D eigenvalue weighted by atomic mass is 32.1. The van der Waals surface area contributed by atoms with E-state index in [-0.39, 0.29) is 0 Å². The summed E-state index contributed by atoms with van der Waals surface area (Å²) >= 11 is 1.80. The van der Waals surface area contributed by atoms with Crippen LogP contribution in [0.3, 0.4) is 0 Å². The molecule has 1 heterocycles. The molecule has 0 amide bonds. The van der Waals surface area contributed by atoms with Crippen LogP contribution in [0.4, 0.5) is 0 Å². The first-order valence-electron chi connectivity index (χ1n) is 5.95. The van der Waals surface area contributed by atoms with Crippen LogP contribution in [0, 0.1) is 11.3 Å². The molecule has 1 aliphatic rings. The fraction of sp³-hybridized carbons (Fsp3) is 0.692. The molecule has 0 atom stereocenters. The second kappa shape index (κ2) is 4.67. The highest BCUT2D eigenvalue weighted by Gasteiger charge is 2.32. The molecule has 1 aliphatic carbocycles. The first-order valence-corrected chi connectivity index (χ1v) is 6.89. The molecule has 1 saturated carbocycles. The zero-order valence-corrected chi connectivity index (χ0v) is 10.4. The minimum absolute atomic E-state index is 0.410. The SMILES string of the molecule is CC1CCC(CN)(Cc2ccsc2)CC1. The smallest absolute Gasteiger partial charge is 0.00173 e. The van der Waals surface area contributed by atoms with Gasteiger partial charge in [0.25, 0.3) is 0 Å². The Morgan fingerprint density at radius 3 is 2.73 bits per heavy atom. The topological polar surface area (TPSA) is 26.0 Å². The third-order valence-corrected chi connectivity index (χ3v) is 4.66. The van der Waals surface area contributed by atoms with Gasteiger partial charge >= 0.3 is 0 Å². The van der Waals surface area contributed by atoms with Gasteiger partial charge in [-0.05, 0) is 59.5 Å². The van der Waals surface area contributed by atoms with Crippen LogP contribution in [0.5, 0.6) is 0 Å². The second-order valence-electron chi connectivity index (χ2n) is 5.20. The Balaban J connectivity index is 2.02. The third kappa shape index (κ3) is 2.61. The first kappa shape index (κ1) is 11.2. The zero-order valence-electron chi connectivity index (χ0n) is 9.54. The zero-order chi connectivity index (χ0) is 10.7. The van der Waals surface area contributed by atoms with E-state index in [9.17, 15) is 0 Å². The highest BCUT2D eigenvalue weighted by molar-refractivity contribution is 7.07. The molecule has 84 valence electrons. The van der Waals surface area contributed by atoms with Gasteiger partial charge in [0.15, 0.2) is 0 Å². The maximum absolute atomic E-state index is 6.00. The van der Waals surface area contributed by atoms with E-state index in [0.717, 1.165) is 12.5 Å². The molecule has 15 heavy (non-hydrogen) atoms. The summed E-state index contributed by atoms with van der Waals surface area (Å²) in [6, 6.07) is 2.25. The van der Waals surface area contributed by atoms with Gasteiger partial charge in [-0.1, -0.05) is 19.8 Å². The Hall–Kier alpha value is -0.340. The number of rotatable bonds is 3. The van der Waals surface area contributed by atoms with E-state index in [1.807, 2.05) is 0 Å². The van der Waals surface area contributed by atoms with E-state index in [4.69, 9.17) is 5.73 Å². The first-order chi connectivity index (χ1) is 7.24. The molecule has 0 spiro atoms. The van der Waals surface area contributed by atoms with Gasteiger partial charge in [0, 0.05) is 0 Å². The molecule has 1 fully saturated rings. The molecule has 2 heteroatoms. The van der Waals surface area contributed by atoms with E-state index >= 15 is 0 Å². The predicted octanol–water partition coefficient (Wildman–Crippen LogP) is 3.45. The molecule has 2 rings (SSSR count). The lowest BCUT2D eigenvalue weighted by Crippen LogP contribution is -2.36. The summed E-state index contributed by atoms with van der Waals surface area (Å²) in [7, 11) is 0. The average molecular weight is 223 g/mol. The van der Waals surface area contributed by atoms with Gasteiger partial charge in [-0.2, -0.15) is 11.3 Å². The quantitative estimate of drug-likeness (QED) is 0.834. The van der Waals surface area contributed by atoms with Crippen molar-refractivity contribution in [3.8, 4) is 0 Å². The van der Waals surface area contributed by atoms with E-state index in [0.29, 0.717) is 5.41 Å². The van der Waals surface area contributed by atoms with Crippen LogP contribution in [-0.4, -0.2) is 6.54 Å². The Bertz CT molecular complexity index is 283. The average Bonchev–Trinajstić information content (AvgIpc) is 2.75. The molecule has 1 aromatic rings. The summed E-state index contributed by atoms with van der Waals surface area (Å²) < 4.78 is 0. The Kier molecular flexibility index (Phi) is 3.47. The van der Waals surface area contributed by atoms with Crippen LogP contribution >= 0.6 is 11.3 Å². The number of thiophene rings is 1. The fourth-order valence-corrected chi connectivity index (χ4v) is 3.32. The van der Waals surface area contributed by atoms with E-state index in [1.165, 1.54) is 37.7 Å². The Labute approximate surface area is 96.7 Å². The molecule has 0 aliphatic heterocycles. The summed E-state index contributed by atoms with van der Waals surface area (Å²) in [6.07, 6.45) is 6.56. The van der Waals surface area contributed by atoms with Crippen LogP contribution < -0.4 is 5.73 Å². The van der Waals surface area contributed by atoms with E-state index in [2.05, 4.69) is 23.8 Å². The Morgan fingerprint density at radius 2 is 2.20 bits per heavy atom. The molecule has 0 aromatic carbocycles. The maximum Gasteiger partial charge on any atom is -0.00173 e. The summed E-state index contributed by atoms with van der Waals surface area (Å²) in [6.45, 7) is 3.22. The van der Waals surface area contributed by atoms with Crippen molar-refractivity contribution in [1.82, 2.24) is 0 Å². The molecule has 0 unspecified atom stereocenters. The fourth-order valence-electron chi connectivity index (χ4n) is 2.65. The number of hydrogen-bond acceptors (Lipinski definition) is 2. The van der Waals surface area contributed by atoms with Crippen molar-refractivity contribution in [3.05, 3.63) is 22.4 Å². The van der Waals surface area contributed by atoms with Gasteiger partial charge in [0.05, 0.1) is 0 Å². The molecule has 1 aromatic heterocycles. The molecule has 1 nitrogen and oxygen atoms in total. The summed E-state index contributed by atoms with van der Waals surface area (Å²) in [5.41, 5.74) is 7.90. The molecular formula is C13H21NS. The van der Waals surface area contributed by atoms with Gasteiger partial charge in [-0.3, -0.25) is 0 Å². The van der Waals surface area contributed by atoms with Crippen molar-refractivity contribution in [2.45, 2.75) is 39.0 Å². The molecule has 0 radical (unpaired) electrons. The van der Waals surface area contributed by atoms with Crippen LogP contribution in [0.15, 0.2) is 16.8 Å². The number of hydrogen-bond donors (Lipinski definition) is 1. The van der Waals surface area contributed by atoms with E-state index in [1.54, 1.807) is 11.3 Å². The number of nitrogens with two attached hydrogens (primary N) is 1. The lowest BCUT2D eigenvalue weighted by atomic mass is 9.68. The van der Waals surface area contributed by atoms with Crippen LogP contribution in [0.2, 0.25) is 0 Å². The van der Waals surface area contributed by atoms with Crippen molar-refractivity contribution in [2.75, 3.05) is 6.54 Å². The van der Waals surface area contributed by atoms with Crippen molar-refractivity contribution in [1.29, 1.82) is 0 Å². The summed E-state index contributed by atoms with van der Waals surface area (Å²) in [5, 5.41) is 4.44. The molecule has 2 N–H and O–H groups in total. The lowest BCUT2D eigenvalue weighted by molar-refractivity contribution is 0.163. The van der Waals surface area contributed by atoms with Gasteiger partial charge in [0.2, 0.25) is 0 Å². The van der Waals surface area contributed by atoms with Crippen LogP contribution in [0.1, 0.15) is 38.2 Å². The minimum atomic E-state index is 0.410. The largest absolute Gasteiger partial charge is 0.330 e. The molecule has 0 bridgehead atoms. The predicted molar refractivity (Wildman–Crippen MR) is 67.1 cm³/mol. The van der Waals surface area contributed by atoms with Crippen molar-refractivity contribution < 1.29 is 0 Å². The summed E-state index contributed by atoms with van der Waals surface area (Å²) in [5.74, 6) is 0.909. The van der Waals surface area contributed by atoms with E-state index < -0.39 is 0 Å². The van der Waals surface area contributed by atoms with Gasteiger partial charge in [-0.25, -0.2) is 0 Å². The molecular weight excluding hydrogens is 202 g/mol. The van der Waals surface area contributed by atoms with Gasteiger partial charge in [-0.15, -0.1) is 0 Å². The van der Waals surface area contributed by atoms with Crippen molar-refractivity contribution >= 4 is 11.3 Å². The van der Waals surface area contributed by atoms with Gasteiger partial charge in [0.1, 0.15) is 0 Å². The minimum Gasteiger partial charge on any atom is -0.330 e. The third-order valence-electron chi connectivity index (χ3n) is 3.93. The second-order valence-corrected chi connectivity index (χ2v) is 5.98. The lowest BCUT2D eigenvalue weighted by Gasteiger charge is -2.38. The van der Waals surface area contributed by atoms with Crippen molar-refractivity contribution in [3.63, 3.8) is 0 Å².